The van der Waals surface area contributed by atoms with Crippen molar-refractivity contribution >= 4 is 8.80 Å². The second kappa shape index (κ2) is 16.1. The van der Waals surface area contributed by atoms with Gasteiger partial charge in [0, 0.05) is 32.9 Å². The highest BCUT2D eigenvalue weighted by molar-refractivity contribution is 6.60. The maximum Gasteiger partial charge on any atom is 0.500 e. The van der Waals surface area contributed by atoms with Crippen LogP contribution in [-0.2, 0) is 13.3 Å². The molecular formula is C21H47NO3Si. The summed E-state index contributed by atoms with van der Waals surface area (Å²) in [5.74, 6) is 0. The molecule has 0 aliphatic carbocycles. The second-order valence-corrected chi connectivity index (χ2v) is 11.2. The summed E-state index contributed by atoms with van der Waals surface area (Å²) in [4.78, 5) is 0. The van der Waals surface area contributed by atoms with Crippen molar-refractivity contribution in [1.29, 1.82) is 0 Å². The van der Waals surface area contributed by atoms with Crippen LogP contribution < -0.4 is 5.73 Å². The molecule has 158 valence electrons. The Balaban J connectivity index is 3.61. The van der Waals surface area contributed by atoms with Gasteiger partial charge in [-0.3, -0.25) is 0 Å². The van der Waals surface area contributed by atoms with E-state index in [1.165, 1.54) is 77.0 Å². The SMILES string of the molecule is CCCCCCCCCCCCCCC(C)(N)CC[Si](OC)(OC)OC. The van der Waals surface area contributed by atoms with Crippen LogP contribution in [0.1, 0.15) is 104 Å². The Morgan fingerprint density at radius 1 is 0.654 bits per heavy atom. The Hall–Kier alpha value is 0.0569. The Bertz CT molecular complexity index is 301. The van der Waals surface area contributed by atoms with Gasteiger partial charge in [0.1, 0.15) is 0 Å². The fourth-order valence-electron chi connectivity index (χ4n) is 3.49. The first-order valence-electron chi connectivity index (χ1n) is 10.9. The molecule has 4 nitrogen and oxygen atoms in total. The van der Waals surface area contributed by atoms with E-state index in [2.05, 4.69) is 13.8 Å². The molecule has 1 atom stereocenters. The minimum atomic E-state index is -2.49. The highest BCUT2D eigenvalue weighted by Gasteiger charge is 2.39. The fraction of sp³-hybridized carbons (Fsp3) is 1.00. The molecular weight excluding hydrogens is 342 g/mol. The normalized spacial score (nSPS) is 14.5. The molecule has 0 rings (SSSR count). The molecule has 0 bridgehead atoms. The van der Waals surface area contributed by atoms with Crippen molar-refractivity contribution in [2.75, 3.05) is 21.3 Å². The molecule has 0 fully saturated rings. The zero-order chi connectivity index (χ0) is 19.7. The first-order valence-corrected chi connectivity index (χ1v) is 12.8. The number of unbranched alkanes of at least 4 members (excludes halogenated alkanes) is 11. The zero-order valence-electron chi connectivity index (χ0n) is 18.4. The average Bonchev–Trinajstić information content (AvgIpc) is 2.64. The van der Waals surface area contributed by atoms with Gasteiger partial charge in [0.25, 0.3) is 0 Å². The molecule has 0 aromatic heterocycles. The summed E-state index contributed by atoms with van der Waals surface area (Å²) >= 11 is 0. The van der Waals surface area contributed by atoms with Gasteiger partial charge in [-0.25, -0.2) is 0 Å². The molecule has 2 N–H and O–H groups in total. The third-order valence-corrected chi connectivity index (χ3v) is 8.27. The predicted molar refractivity (Wildman–Crippen MR) is 114 cm³/mol. The fourth-order valence-corrected chi connectivity index (χ4v) is 5.48. The lowest BCUT2D eigenvalue weighted by Gasteiger charge is -2.30. The summed E-state index contributed by atoms with van der Waals surface area (Å²) in [5.41, 5.74) is 6.31. The Labute approximate surface area is 164 Å². The van der Waals surface area contributed by atoms with Crippen molar-refractivity contribution in [3.05, 3.63) is 0 Å². The molecule has 0 amide bonds. The average molecular weight is 390 g/mol. The summed E-state index contributed by atoms with van der Waals surface area (Å²) in [7, 11) is 2.50. The van der Waals surface area contributed by atoms with Gasteiger partial charge in [-0.1, -0.05) is 84.0 Å². The minimum absolute atomic E-state index is 0.160. The van der Waals surface area contributed by atoms with Crippen LogP contribution in [0.15, 0.2) is 0 Å². The van der Waals surface area contributed by atoms with Gasteiger partial charge in [0.05, 0.1) is 0 Å². The van der Waals surface area contributed by atoms with Crippen molar-refractivity contribution in [2.24, 2.45) is 5.73 Å². The van der Waals surface area contributed by atoms with Crippen LogP contribution in [0.5, 0.6) is 0 Å². The van der Waals surface area contributed by atoms with E-state index in [4.69, 9.17) is 19.0 Å². The Morgan fingerprint density at radius 3 is 1.42 bits per heavy atom. The van der Waals surface area contributed by atoms with Crippen molar-refractivity contribution in [2.45, 2.75) is 115 Å². The van der Waals surface area contributed by atoms with Crippen LogP contribution in [0.4, 0.5) is 0 Å². The van der Waals surface area contributed by atoms with E-state index in [1.807, 2.05) is 0 Å². The van der Waals surface area contributed by atoms with Crippen molar-refractivity contribution in [1.82, 2.24) is 0 Å². The van der Waals surface area contributed by atoms with Gasteiger partial charge in [0.2, 0.25) is 0 Å². The molecule has 0 aromatic carbocycles. The Kier molecular flexibility index (Phi) is 16.1. The lowest BCUT2D eigenvalue weighted by Crippen LogP contribution is -2.46. The molecule has 26 heavy (non-hydrogen) atoms. The summed E-state index contributed by atoms with van der Waals surface area (Å²) in [6.45, 7) is 4.42. The van der Waals surface area contributed by atoms with Crippen molar-refractivity contribution in [3.8, 4) is 0 Å². The molecule has 0 saturated carbocycles. The van der Waals surface area contributed by atoms with Crippen LogP contribution in [-0.4, -0.2) is 35.7 Å². The number of rotatable bonds is 19. The molecule has 0 aliphatic heterocycles. The summed E-state index contributed by atoms with van der Waals surface area (Å²) in [6.07, 6.45) is 18.5. The topological polar surface area (TPSA) is 53.7 Å². The van der Waals surface area contributed by atoms with Gasteiger partial charge < -0.3 is 19.0 Å². The molecule has 0 aromatic rings. The van der Waals surface area contributed by atoms with E-state index in [1.54, 1.807) is 21.3 Å². The third kappa shape index (κ3) is 13.3. The van der Waals surface area contributed by atoms with Crippen LogP contribution in [0, 0.1) is 0 Å². The summed E-state index contributed by atoms with van der Waals surface area (Å²) in [5, 5.41) is 0. The maximum atomic E-state index is 6.47. The molecule has 1 unspecified atom stereocenters. The van der Waals surface area contributed by atoms with E-state index >= 15 is 0 Å². The van der Waals surface area contributed by atoms with E-state index in [-0.39, 0.29) is 5.54 Å². The van der Waals surface area contributed by atoms with Gasteiger partial charge in [-0.2, -0.15) is 0 Å². The summed E-state index contributed by atoms with van der Waals surface area (Å²) < 4.78 is 16.5. The van der Waals surface area contributed by atoms with Crippen LogP contribution in [0.2, 0.25) is 6.04 Å². The minimum Gasteiger partial charge on any atom is -0.377 e. The molecule has 0 heterocycles. The zero-order valence-corrected chi connectivity index (χ0v) is 19.4. The van der Waals surface area contributed by atoms with Gasteiger partial charge in [0.15, 0.2) is 0 Å². The number of nitrogens with two attached hydrogens (primary N) is 1. The lowest BCUT2D eigenvalue weighted by molar-refractivity contribution is 0.120. The van der Waals surface area contributed by atoms with Crippen molar-refractivity contribution in [3.63, 3.8) is 0 Å². The van der Waals surface area contributed by atoms with Gasteiger partial charge >= 0.3 is 8.80 Å². The molecule has 0 saturated heterocycles. The van der Waals surface area contributed by atoms with Gasteiger partial charge in [-0.15, -0.1) is 0 Å². The largest absolute Gasteiger partial charge is 0.500 e. The van der Waals surface area contributed by atoms with E-state index in [0.29, 0.717) is 0 Å². The Morgan fingerprint density at radius 2 is 1.04 bits per heavy atom. The number of hydrogen-bond donors (Lipinski definition) is 1. The first-order chi connectivity index (χ1) is 12.4. The molecule has 5 heteroatoms. The van der Waals surface area contributed by atoms with Gasteiger partial charge in [-0.05, 0) is 19.8 Å². The quantitative estimate of drug-likeness (QED) is 0.215. The summed E-state index contributed by atoms with van der Waals surface area (Å²) in [6, 6.07) is 0.780. The van der Waals surface area contributed by atoms with Crippen LogP contribution >= 0.6 is 0 Å². The van der Waals surface area contributed by atoms with E-state index in [0.717, 1.165) is 18.9 Å². The van der Waals surface area contributed by atoms with E-state index < -0.39 is 8.80 Å². The smallest absolute Gasteiger partial charge is 0.377 e. The molecule has 0 aliphatic rings. The highest BCUT2D eigenvalue weighted by atomic mass is 28.4. The number of hydrogen-bond acceptors (Lipinski definition) is 4. The van der Waals surface area contributed by atoms with Crippen molar-refractivity contribution < 1.29 is 13.3 Å². The molecule has 0 spiro atoms. The predicted octanol–water partition coefficient (Wildman–Crippen LogP) is 6.06. The van der Waals surface area contributed by atoms with E-state index in [9.17, 15) is 0 Å². The van der Waals surface area contributed by atoms with Crippen LogP contribution in [0.3, 0.4) is 0 Å². The monoisotopic (exact) mass is 389 g/mol. The highest BCUT2D eigenvalue weighted by Crippen LogP contribution is 2.24. The molecule has 0 radical (unpaired) electrons. The second-order valence-electron chi connectivity index (χ2n) is 8.09. The maximum absolute atomic E-state index is 6.47. The van der Waals surface area contributed by atoms with Crippen LogP contribution in [0.25, 0.3) is 0 Å². The standard InChI is InChI=1S/C21H47NO3Si/c1-6-7-8-9-10-11-12-13-14-15-16-17-18-21(2,22)19-20-26(23-3,24-4)25-5/h6-20,22H2,1-5H3. The first kappa shape index (κ1) is 26.1. The third-order valence-electron chi connectivity index (χ3n) is 5.54. The lowest BCUT2D eigenvalue weighted by atomic mass is 9.92.